The van der Waals surface area contributed by atoms with E-state index in [1.54, 1.807) is 6.33 Å². The predicted octanol–water partition coefficient (Wildman–Crippen LogP) is 0.813. The Bertz CT molecular complexity index is 683. The van der Waals surface area contributed by atoms with Crippen LogP contribution in [0.5, 0.6) is 0 Å². The Balaban J connectivity index is 1.49. The fraction of sp³-hybridized carbons (Fsp3) is 0.471. The highest BCUT2D eigenvalue weighted by molar-refractivity contribution is 5.78. The molecule has 7 heteroatoms. The van der Waals surface area contributed by atoms with E-state index in [9.17, 15) is 4.79 Å². The summed E-state index contributed by atoms with van der Waals surface area (Å²) >= 11 is 0. The molecule has 2 heterocycles. The van der Waals surface area contributed by atoms with Gasteiger partial charge < -0.3 is 14.6 Å². The van der Waals surface area contributed by atoms with Gasteiger partial charge in [-0.1, -0.05) is 29.8 Å². The Kier molecular flexibility index (Phi) is 5.22. The first-order chi connectivity index (χ1) is 11.6. The van der Waals surface area contributed by atoms with Crippen LogP contribution in [0, 0.1) is 6.92 Å². The minimum Gasteiger partial charge on any atom is -0.368 e. The third kappa shape index (κ3) is 4.18. The molecule has 1 atom stereocenters. The maximum atomic E-state index is 12.2. The largest absolute Gasteiger partial charge is 0.368 e. The van der Waals surface area contributed by atoms with E-state index in [0.717, 1.165) is 17.9 Å². The minimum atomic E-state index is -0.142. The monoisotopic (exact) mass is 329 g/mol. The van der Waals surface area contributed by atoms with Crippen molar-refractivity contribution in [1.82, 2.24) is 25.0 Å². The van der Waals surface area contributed by atoms with Gasteiger partial charge in [-0.15, -0.1) is 10.2 Å². The molecule has 0 radical (unpaired) electrons. The summed E-state index contributed by atoms with van der Waals surface area (Å²) in [5, 5.41) is 11.0. The zero-order valence-electron chi connectivity index (χ0n) is 14.1. The van der Waals surface area contributed by atoms with Crippen molar-refractivity contribution in [3.63, 3.8) is 0 Å². The van der Waals surface area contributed by atoms with Crippen LogP contribution in [-0.4, -0.2) is 51.8 Å². The van der Waals surface area contributed by atoms with Crippen molar-refractivity contribution >= 4 is 5.91 Å². The number of rotatable bonds is 5. The number of hydrogen-bond acceptors (Lipinski definition) is 5. The summed E-state index contributed by atoms with van der Waals surface area (Å²) in [4.78, 5) is 14.3. The molecule has 1 fully saturated rings. The molecular weight excluding hydrogens is 306 g/mol. The number of amides is 1. The van der Waals surface area contributed by atoms with Crippen LogP contribution in [0.2, 0.25) is 0 Å². The number of carbonyl (C=O) groups is 1. The first-order valence-corrected chi connectivity index (χ1v) is 8.12. The zero-order valence-corrected chi connectivity index (χ0v) is 14.1. The topological polar surface area (TPSA) is 72.3 Å². The first kappa shape index (κ1) is 16.6. The molecule has 24 heavy (non-hydrogen) atoms. The van der Waals surface area contributed by atoms with Crippen LogP contribution in [-0.2, 0) is 23.1 Å². The van der Waals surface area contributed by atoms with Crippen LogP contribution in [0.25, 0.3) is 0 Å². The van der Waals surface area contributed by atoms with Crippen molar-refractivity contribution in [2.75, 3.05) is 26.2 Å². The SMILES string of the molecule is Cc1ccc(CNC(=O)CN2CCO[C@H](c3nncn3C)C2)cc1. The van der Waals surface area contributed by atoms with Crippen molar-refractivity contribution in [3.8, 4) is 0 Å². The van der Waals surface area contributed by atoms with Crippen molar-refractivity contribution in [2.45, 2.75) is 19.6 Å². The molecule has 3 rings (SSSR count). The normalized spacial score (nSPS) is 18.5. The quantitative estimate of drug-likeness (QED) is 0.879. The Labute approximate surface area is 141 Å². The van der Waals surface area contributed by atoms with Crippen molar-refractivity contribution < 1.29 is 9.53 Å². The third-order valence-corrected chi connectivity index (χ3v) is 4.16. The average molecular weight is 329 g/mol. The molecule has 1 amide bonds. The fourth-order valence-corrected chi connectivity index (χ4v) is 2.75. The van der Waals surface area contributed by atoms with Crippen LogP contribution in [0.4, 0.5) is 0 Å². The lowest BCUT2D eigenvalue weighted by Gasteiger charge is -2.31. The molecule has 0 aliphatic carbocycles. The van der Waals surface area contributed by atoms with Gasteiger partial charge in [0.1, 0.15) is 12.4 Å². The summed E-state index contributed by atoms with van der Waals surface area (Å²) in [6.45, 7) is 4.94. The highest BCUT2D eigenvalue weighted by atomic mass is 16.5. The van der Waals surface area contributed by atoms with Gasteiger partial charge in [0.15, 0.2) is 5.82 Å². The number of nitrogens with one attached hydrogen (secondary N) is 1. The number of nitrogens with zero attached hydrogens (tertiary/aromatic N) is 4. The summed E-state index contributed by atoms with van der Waals surface area (Å²) < 4.78 is 7.61. The van der Waals surface area contributed by atoms with Crippen molar-refractivity contribution in [1.29, 1.82) is 0 Å². The number of ether oxygens (including phenoxy) is 1. The summed E-state index contributed by atoms with van der Waals surface area (Å²) in [6.07, 6.45) is 1.52. The van der Waals surface area contributed by atoms with Crippen LogP contribution in [0.1, 0.15) is 23.1 Å². The van der Waals surface area contributed by atoms with Gasteiger partial charge in [-0.05, 0) is 12.5 Å². The highest BCUT2D eigenvalue weighted by Crippen LogP contribution is 2.19. The Hall–Kier alpha value is -2.25. The molecule has 1 aliphatic heterocycles. The van der Waals surface area contributed by atoms with Gasteiger partial charge in [0, 0.05) is 26.7 Å². The van der Waals surface area contributed by atoms with Crippen LogP contribution in [0.3, 0.4) is 0 Å². The van der Waals surface area contributed by atoms with E-state index in [1.165, 1.54) is 5.56 Å². The second-order valence-electron chi connectivity index (χ2n) is 6.16. The Morgan fingerprint density at radius 2 is 2.17 bits per heavy atom. The molecule has 1 aliphatic rings. The number of carbonyl (C=O) groups excluding carboxylic acids is 1. The smallest absolute Gasteiger partial charge is 0.234 e. The molecule has 0 bridgehead atoms. The third-order valence-electron chi connectivity index (χ3n) is 4.16. The lowest BCUT2D eigenvalue weighted by atomic mass is 10.1. The van der Waals surface area contributed by atoms with E-state index in [4.69, 9.17) is 4.74 Å². The molecule has 0 spiro atoms. The maximum absolute atomic E-state index is 12.2. The van der Waals surface area contributed by atoms with Gasteiger partial charge >= 0.3 is 0 Å². The lowest BCUT2D eigenvalue weighted by Crippen LogP contribution is -2.44. The molecule has 1 aromatic carbocycles. The van der Waals surface area contributed by atoms with Gasteiger partial charge in [0.05, 0.1) is 13.2 Å². The number of hydrogen-bond donors (Lipinski definition) is 1. The lowest BCUT2D eigenvalue weighted by molar-refractivity contribution is -0.124. The van der Waals surface area contributed by atoms with Gasteiger partial charge in [0.2, 0.25) is 5.91 Å². The van der Waals surface area contributed by atoms with Gasteiger partial charge in [0.25, 0.3) is 0 Å². The summed E-state index contributed by atoms with van der Waals surface area (Å²) in [5.74, 6) is 0.814. The maximum Gasteiger partial charge on any atom is 0.234 e. The number of aromatic nitrogens is 3. The number of morpholine rings is 1. The standard InChI is InChI=1S/C17H23N5O2/c1-13-3-5-14(6-4-13)9-18-16(23)11-22-7-8-24-15(10-22)17-20-19-12-21(17)2/h3-6,12,15H,7-11H2,1-2H3,(H,18,23)/t15-/m0/s1. The Morgan fingerprint density at radius 1 is 1.38 bits per heavy atom. The first-order valence-electron chi connectivity index (χ1n) is 8.12. The molecule has 2 aromatic rings. The van der Waals surface area contributed by atoms with E-state index in [-0.39, 0.29) is 12.0 Å². The fourth-order valence-electron chi connectivity index (χ4n) is 2.75. The molecule has 0 unspecified atom stereocenters. The highest BCUT2D eigenvalue weighted by Gasteiger charge is 2.26. The molecule has 128 valence electrons. The van der Waals surface area contributed by atoms with E-state index in [1.807, 2.05) is 30.7 Å². The summed E-state index contributed by atoms with van der Waals surface area (Å²) in [6, 6.07) is 8.17. The van der Waals surface area contributed by atoms with Crippen LogP contribution >= 0.6 is 0 Å². The molecular formula is C17H23N5O2. The second-order valence-corrected chi connectivity index (χ2v) is 6.16. The predicted molar refractivity (Wildman–Crippen MR) is 89.2 cm³/mol. The molecule has 7 nitrogen and oxygen atoms in total. The summed E-state index contributed by atoms with van der Waals surface area (Å²) in [7, 11) is 1.89. The van der Waals surface area contributed by atoms with Crippen molar-refractivity contribution in [2.24, 2.45) is 7.05 Å². The second kappa shape index (κ2) is 7.55. The van der Waals surface area contributed by atoms with E-state index < -0.39 is 0 Å². The number of benzene rings is 1. The van der Waals surface area contributed by atoms with E-state index in [0.29, 0.717) is 26.2 Å². The van der Waals surface area contributed by atoms with Crippen LogP contribution in [0.15, 0.2) is 30.6 Å². The van der Waals surface area contributed by atoms with E-state index >= 15 is 0 Å². The molecule has 0 saturated carbocycles. The van der Waals surface area contributed by atoms with Gasteiger partial charge in [-0.2, -0.15) is 0 Å². The van der Waals surface area contributed by atoms with Crippen molar-refractivity contribution in [3.05, 3.63) is 47.5 Å². The summed E-state index contributed by atoms with van der Waals surface area (Å²) in [5.41, 5.74) is 2.32. The van der Waals surface area contributed by atoms with Crippen LogP contribution < -0.4 is 5.32 Å². The zero-order chi connectivity index (χ0) is 16.9. The van der Waals surface area contributed by atoms with Gasteiger partial charge in [-0.25, -0.2) is 0 Å². The Morgan fingerprint density at radius 3 is 2.88 bits per heavy atom. The molecule has 1 N–H and O–H groups in total. The van der Waals surface area contributed by atoms with Gasteiger partial charge in [-0.3, -0.25) is 9.69 Å². The molecule has 1 saturated heterocycles. The minimum absolute atomic E-state index is 0.0224. The number of aryl methyl sites for hydroxylation is 2. The molecule has 1 aromatic heterocycles. The average Bonchev–Trinajstić information content (AvgIpc) is 3.01. The van der Waals surface area contributed by atoms with E-state index in [2.05, 4.69) is 32.5 Å².